The quantitative estimate of drug-likeness (QED) is 0.299. The van der Waals surface area contributed by atoms with Gasteiger partial charge in [0.2, 0.25) is 5.76 Å². The second kappa shape index (κ2) is 7.55. The van der Waals surface area contributed by atoms with Gasteiger partial charge in [-0.25, -0.2) is 4.39 Å². The first-order valence-corrected chi connectivity index (χ1v) is 8.86. The third-order valence-electron chi connectivity index (χ3n) is 3.52. The van der Waals surface area contributed by atoms with E-state index >= 15 is 0 Å². The molecule has 0 aliphatic heterocycles. The van der Waals surface area contributed by atoms with E-state index < -0.39 is 5.82 Å². The van der Waals surface area contributed by atoms with Crippen LogP contribution in [-0.4, -0.2) is 10.1 Å². The molecule has 0 saturated carbocycles. The number of halogens is 1. The SMILES string of the molecule is Cc1ccc[n+](C(C(=S)Nc2ccccc2F)=C(O)c2cccs2)c1. The Kier molecular flexibility index (Phi) is 5.21. The molecule has 126 valence electrons. The Bertz CT molecular complexity index is 936. The van der Waals surface area contributed by atoms with Gasteiger partial charge in [-0.15, -0.1) is 11.3 Å². The summed E-state index contributed by atoms with van der Waals surface area (Å²) in [6.07, 6.45) is 3.65. The maximum atomic E-state index is 13.9. The number of nitrogens with one attached hydrogen (secondary N) is 1. The number of anilines is 1. The Morgan fingerprint density at radius 1 is 1.16 bits per heavy atom. The molecule has 3 nitrogen and oxygen atoms in total. The monoisotopic (exact) mass is 371 g/mol. The molecule has 0 bridgehead atoms. The molecule has 3 aromatic rings. The number of aliphatic hydroxyl groups is 1. The molecular formula is C19H16FN2OS2+. The number of para-hydroxylation sites is 1. The van der Waals surface area contributed by atoms with Crippen LogP contribution in [-0.2, 0) is 0 Å². The van der Waals surface area contributed by atoms with Crippen LogP contribution in [0.25, 0.3) is 11.5 Å². The van der Waals surface area contributed by atoms with Crippen LogP contribution in [0.1, 0.15) is 10.4 Å². The fourth-order valence-corrected chi connectivity index (χ4v) is 3.33. The van der Waals surface area contributed by atoms with Crippen LogP contribution in [0.15, 0.2) is 66.3 Å². The van der Waals surface area contributed by atoms with E-state index in [0.717, 1.165) is 5.56 Å². The maximum absolute atomic E-state index is 13.9. The van der Waals surface area contributed by atoms with Crippen molar-refractivity contribution in [3.63, 3.8) is 0 Å². The van der Waals surface area contributed by atoms with Gasteiger partial charge in [0.15, 0.2) is 17.4 Å². The van der Waals surface area contributed by atoms with Crippen molar-refractivity contribution in [1.29, 1.82) is 0 Å². The molecule has 3 rings (SSSR count). The normalized spacial score (nSPS) is 11.8. The Hall–Kier alpha value is -2.57. The van der Waals surface area contributed by atoms with Gasteiger partial charge in [0, 0.05) is 11.6 Å². The predicted molar refractivity (Wildman–Crippen MR) is 104 cm³/mol. The summed E-state index contributed by atoms with van der Waals surface area (Å²) in [5, 5.41) is 15.5. The van der Waals surface area contributed by atoms with Crippen LogP contribution in [0.5, 0.6) is 0 Å². The van der Waals surface area contributed by atoms with Crippen LogP contribution >= 0.6 is 23.6 Å². The van der Waals surface area contributed by atoms with Gasteiger partial charge in [0.25, 0.3) is 5.70 Å². The number of aryl methyl sites for hydroxylation is 1. The molecule has 2 N–H and O–H groups in total. The van der Waals surface area contributed by atoms with Crippen molar-refractivity contribution in [2.45, 2.75) is 6.92 Å². The first-order valence-electron chi connectivity index (χ1n) is 7.57. The summed E-state index contributed by atoms with van der Waals surface area (Å²) in [6.45, 7) is 1.95. The molecule has 0 aliphatic rings. The van der Waals surface area contributed by atoms with E-state index in [2.05, 4.69) is 5.32 Å². The Morgan fingerprint density at radius 2 is 1.96 bits per heavy atom. The molecule has 0 aliphatic carbocycles. The molecule has 0 atom stereocenters. The molecule has 0 spiro atoms. The predicted octanol–water partition coefficient (Wildman–Crippen LogP) is 4.81. The number of rotatable bonds is 4. The first-order chi connectivity index (χ1) is 12.1. The van der Waals surface area contributed by atoms with Gasteiger partial charge in [0.05, 0.1) is 10.6 Å². The molecule has 1 aromatic carbocycles. The molecule has 0 saturated heterocycles. The van der Waals surface area contributed by atoms with Crippen LogP contribution < -0.4 is 9.88 Å². The minimum atomic E-state index is -0.408. The summed E-state index contributed by atoms with van der Waals surface area (Å²) in [7, 11) is 0. The second-order valence-electron chi connectivity index (χ2n) is 5.40. The summed E-state index contributed by atoms with van der Waals surface area (Å²) >= 11 is 6.88. The zero-order valence-electron chi connectivity index (χ0n) is 13.4. The fourth-order valence-electron chi connectivity index (χ4n) is 2.35. The average Bonchev–Trinajstić information content (AvgIpc) is 3.12. The van der Waals surface area contributed by atoms with Crippen molar-refractivity contribution >= 4 is 45.7 Å². The number of thiophene rings is 1. The minimum absolute atomic E-state index is 0.0411. The topological polar surface area (TPSA) is 36.1 Å². The van der Waals surface area contributed by atoms with Crippen LogP contribution in [0.4, 0.5) is 10.1 Å². The average molecular weight is 371 g/mol. The molecule has 0 unspecified atom stereocenters. The zero-order valence-corrected chi connectivity index (χ0v) is 15.1. The van der Waals surface area contributed by atoms with Crippen molar-refractivity contribution in [3.05, 3.63) is 82.6 Å². The van der Waals surface area contributed by atoms with E-state index in [0.29, 0.717) is 10.6 Å². The van der Waals surface area contributed by atoms with Gasteiger partial charge in [-0.05, 0) is 36.6 Å². The van der Waals surface area contributed by atoms with E-state index in [4.69, 9.17) is 12.2 Å². The maximum Gasteiger partial charge on any atom is 0.289 e. The van der Waals surface area contributed by atoms with Crippen LogP contribution in [0, 0.1) is 12.7 Å². The number of hydrogen-bond donors (Lipinski definition) is 2. The lowest BCUT2D eigenvalue weighted by Gasteiger charge is -2.10. The first kappa shape index (κ1) is 17.3. The van der Waals surface area contributed by atoms with Crippen molar-refractivity contribution in [2.75, 3.05) is 5.32 Å². The van der Waals surface area contributed by atoms with Gasteiger partial charge in [-0.3, -0.25) is 0 Å². The number of hydrogen-bond acceptors (Lipinski definition) is 3. The van der Waals surface area contributed by atoms with E-state index in [1.807, 2.05) is 42.8 Å². The number of aromatic nitrogens is 1. The Balaban J connectivity index is 2.07. The van der Waals surface area contributed by atoms with Gasteiger partial charge in [-0.1, -0.05) is 30.4 Å². The standard InChI is InChI=1S/C19H15FN2OS2/c1-13-6-4-10-22(12-13)17(18(23)16-9-5-11-25-16)19(24)21-15-8-3-2-7-14(15)20/h2-12H,1H3,(H-,21,23,24)/p+1. The van der Waals surface area contributed by atoms with Crippen molar-refractivity contribution < 1.29 is 14.1 Å². The molecule has 2 heterocycles. The summed E-state index contributed by atoms with van der Waals surface area (Å²) in [5.74, 6) is -0.367. The van der Waals surface area contributed by atoms with Crippen molar-refractivity contribution in [3.8, 4) is 0 Å². The highest BCUT2D eigenvalue weighted by molar-refractivity contribution is 7.81. The fraction of sp³-hybridized carbons (Fsp3) is 0.0526. The number of aliphatic hydroxyl groups excluding tert-OH is 1. The molecule has 2 aromatic heterocycles. The molecular weight excluding hydrogens is 355 g/mol. The number of pyridine rings is 1. The summed E-state index contributed by atoms with van der Waals surface area (Å²) in [6, 6.07) is 13.8. The molecule has 25 heavy (non-hydrogen) atoms. The Labute approximate surface area is 154 Å². The van der Waals surface area contributed by atoms with E-state index in [1.54, 1.807) is 29.0 Å². The van der Waals surface area contributed by atoms with Gasteiger partial charge in [-0.2, -0.15) is 4.57 Å². The smallest absolute Gasteiger partial charge is 0.289 e. The lowest BCUT2D eigenvalue weighted by Crippen LogP contribution is -2.38. The third kappa shape index (κ3) is 3.92. The minimum Gasteiger partial charge on any atom is -0.501 e. The molecule has 6 heteroatoms. The molecule has 0 radical (unpaired) electrons. The van der Waals surface area contributed by atoms with Gasteiger partial charge in [0.1, 0.15) is 5.82 Å². The highest BCUT2D eigenvalue weighted by atomic mass is 32.1. The van der Waals surface area contributed by atoms with Crippen LogP contribution in [0.3, 0.4) is 0 Å². The van der Waals surface area contributed by atoms with Gasteiger partial charge < -0.3 is 10.4 Å². The van der Waals surface area contributed by atoms with E-state index in [1.165, 1.54) is 17.4 Å². The number of thiocarbonyl (C=S) groups is 1. The summed E-state index contributed by atoms with van der Waals surface area (Å²) < 4.78 is 15.7. The summed E-state index contributed by atoms with van der Waals surface area (Å²) in [5.41, 5.74) is 1.66. The lowest BCUT2D eigenvalue weighted by atomic mass is 10.2. The van der Waals surface area contributed by atoms with E-state index in [-0.39, 0.29) is 16.4 Å². The van der Waals surface area contributed by atoms with Gasteiger partial charge >= 0.3 is 0 Å². The highest BCUT2D eigenvalue weighted by Crippen LogP contribution is 2.23. The lowest BCUT2D eigenvalue weighted by molar-refractivity contribution is -0.576. The Morgan fingerprint density at radius 3 is 2.64 bits per heavy atom. The zero-order chi connectivity index (χ0) is 17.8. The third-order valence-corrected chi connectivity index (χ3v) is 4.69. The number of benzene rings is 1. The molecule has 0 amide bonds. The summed E-state index contributed by atoms with van der Waals surface area (Å²) in [4.78, 5) is 0.910. The largest absolute Gasteiger partial charge is 0.501 e. The van der Waals surface area contributed by atoms with E-state index in [9.17, 15) is 9.50 Å². The van der Waals surface area contributed by atoms with Crippen molar-refractivity contribution in [1.82, 2.24) is 0 Å². The van der Waals surface area contributed by atoms with Crippen molar-refractivity contribution in [2.24, 2.45) is 0 Å². The highest BCUT2D eigenvalue weighted by Gasteiger charge is 2.25. The molecule has 0 fully saturated rings. The number of nitrogens with zero attached hydrogens (tertiary/aromatic N) is 1. The van der Waals surface area contributed by atoms with Crippen LogP contribution in [0.2, 0.25) is 0 Å². The second-order valence-corrected chi connectivity index (χ2v) is 6.75.